The molecule has 4 aromatic carbocycles. The normalized spacial score (nSPS) is 11.1. The molecule has 0 aliphatic heterocycles. The third-order valence-electron chi connectivity index (χ3n) is 5.59. The fourth-order valence-corrected chi connectivity index (χ4v) is 4.28. The molecule has 5 rings (SSSR count). The molecular formula is C27H21Cl2N3O3. The number of halogens is 2. The van der Waals surface area contributed by atoms with Crippen molar-refractivity contribution in [3.05, 3.63) is 106 Å². The van der Waals surface area contributed by atoms with E-state index >= 15 is 0 Å². The van der Waals surface area contributed by atoms with Crippen molar-refractivity contribution in [2.75, 3.05) is 0 Å². The minimum atomic E-state index is 0.246. The average molecular weight is 506 g/mol. The highest BCUT2D eigenvalue weighted by molar-refractivity contribution is 6.34. The third-order valence-corrected chi connectivity index (χ3v) is 6.34. The largest absolute Gasteiger partial charge is 0.488 e. The molecule has 5 aromatic rings. The van der Waals surface area contributed by atoms with Crippen molar-refractivity contribution in [2.45, 2.75) is 19.8 Å². The molecule has 0 saturated carbocycles. The molecule has 6 nitrogen and oxygen atoms in total. The molecule has 0 amide bonds. The zero-order chi connectivity index (χ0) is 24.2. The van der Waals surface area contributed by atoms with E-state index in [0.717, 1.165) is 27.8 Å². The van der Waals surface area contributed by atoms with E-state index in [2.05, 4.69) is 10.3 Å². The Kier molecular flexibility index (Phi) is 6.86. The van der Waals surface area contributed by atoms with E-state index in [1.807, 2.05) is 66.7 Å². The van der Waals surface area contributed by atoms with E-state index in [1.54, 1.807) is 12.1 Å². The van der Waals surface area contributed by atoms with E-state index in [4.69, 9.17) is 43.0 Å². The summed E-state index contributed by atoms with van der Waals surface area (Å²) in [5.74, 6) is 1.07. The Balaban J connectivity index is 1.34. The quantitative estimate of drug-likeness (QED) is 0.249. The van der Waals surface area contributed by atoms with E-state index in [0.29, 0.717) is 39.2 Å². The van der Waals surface area contributed by atoms with Gasteiger partial charge < -0.3 is 15.2 Å². The predicted molar refractivity (Wildman–Crippen MR) is 137 cm³/mol. The van der Waals surface area contributed by atoms with Gasteiger partial charge in [-0.15, -0.1) is 0 Å². The Labute approximate surface area is 212 Å². The van der Waals surface area contributed by atoms with Crippen LogP contribution in [0.25, 0.3) is 22.2 Å². The highest BCUT2D eigenvalue weighted by Crippen LogP contribution is 2.35. The van der Waals surface area contributed by atoms with E-state index in [-0.39, 0.29) is 13.2 Å². The molecule has 0 unspecified atom stereocenters. The second-order valence-electron chi connectivity index (χ2n) is 7.90. The van der Waals surface area contributed by atoms with Gasteiger partial charge >= 0.3 is 0 Å². The van der Waals surface area contributed by atoms with Crippen LogP contribution in [0.15, 0.2) is 83.5 Å². The summed E-state index contributed by atoms with van der Waals surface area (Å²) in [5.41, 5.74) is 11.8. The first kappa shape index (κ1) is 23.2. The first-order valence-electron chi connectivity index (χ1n) is 10.9. The number of benzene rings is 4. The lowest BCUT2D eigenvalue weighted by molar-refractivity contribution is 0.288. The molecule has 0 spiro atoms. The first-order chi connectivity index (χ1) is 17.1. The van der Waals surface area contributed by atoms with Crippen LogP contribution in [0.4, 0.5) is 0 Å². The minimum Gasteiger partial charge on any atom is -0.488 e. The average Bonchev–Trinajstić information content (AvgIpc) is 3.36. The van der Waals surface area contributed by atoms with Gasteiger partial charge in [-0.25, -0.2) is 4.63 Å². The van der Waals surface area contributed by atoms with Crippen LogP contribution < -0.4 is 15.2 Å². The second kappa shape index (κ2) is 10.4. The van der Waals surface area contributed by atoms with Crippen LogP contribution in [0.1, 0.15) is 16.7 Å². The molecule has 0 aliphatic rings. The van der Waals surface area contributed by atoms with Gasteiger partial charge in [-0.2, -0.15) is 0 Å². The summed E-state index contributed by atoms with van der Waals surface area (Å²) in [7, 11) is 0. The highest BCUT2D eigenvalue weighted by atomic mass is 35.5. The molecule has 8 heteroatoms. The van der Waals surface area contributed by atoms with E-state index in [9.17, 15) is 0 Å². The van der Waals surface area contributed by atoms with Gasteiger partial charge in [-0.3, -0.25) is 0 Å². The number of hydrogen-bond donors (Lipinski definition) is 1. The molecule has 0 fully saturated rings. The molecular weight excluding hydrogens is 485 g/mol. The van der Waals surface area contributed by atoms with Crippen molar-refractivity contribution in [3.63, 3.8) is 0 Å². The number of aromatic nitrogens is 2. The van der Waals surface area contributed by atoms with Gasteiger partial charge in [-0.05, 0) is 39.6 Å². The maximum absolute atomic E-state index is 6.71. The first-order valence-corrected chi connectivity index (χ1v) is 11.7. The molecule has 0 aliphatic carbocycles. The van der Waals surface area contributed by atoms with Crippen LogP contribution in [0.2, 0.25) is 10.0 Å². The van der Waals surface area contributed by atoms with E-state index < -0.39 is 0 Å². The minimum absolute atomic E-state index is 0.246. The zero-order valence-electron chi connectivity index (χ0n) is 18.6. The lowest BCUT2D eigenvalue weighted by Crippen LogP contribution is -2.05. The van der Waals surface area contributed by atoms with Crippen LogP contribution in [-0.2, 0) is 19.8 Å². The van der Waals surface area contributed by atoms with Crippen LogP contribution in [-0.4, -0.2) is 10.3 Å². The third kappa shape index (κ3) is 5.10. The molecule has 0 radical (unpaired) electrons. The van der Waals surface area contributed by atoms with E-state index in [1.165, 1.54) is 0 Å². The lowest BCUT2D eigenvalue weighted by Gasteiger charge is -2.16. The molecule has 0 bridgehead atoms. The second-order valence-corrected chi connectivity index (χ2v) is 8.69. The maximum atomic E-state index is 6.71. The summed E-state index contributed by atoms with van der Waals surface area (Å²) in [6.45, 7) is 0.824. The highest BCUT2D eigenvalue weighted by Gasteiger charge is 2.14. The summed E-state index contributed by atoms with van der Waals surface area (Å²) in [4.78, 5) is 0. The molecule has 1 heterocycles. The fourth-order valence-electron chi connectivity index (χ4n) is 3.75. The number of nitrogens with zero attached hydrogens (tertiary/aromatic N) is 2. The van der Waals surface area contributed by atoms with Crippen molar-refractivity contribution in [2.24, 2.45) is 5.73 Å². The zero-order valence-corrected chi connectivity index (χ0v) is 20.1. The van der Waals surface area contributed by atoms with Crippen LogP contribution in [0.5, 0.6) is 11.5 Å². The summed E-state index contributed by atoms with van der Waals surface area (Å²) in [5, 5.41) is 8.78. The van der Waals surface area contributed by atoms with Crippen molar-refractivity contribution in [1.82, 2.24) is 10.3 Å². The van der Waals surface area contributed by atoms with Gasteiger partial charge in [0.05, 0.1) is 10.0 Å². The summed E-state index contributed by atoms with van der Waals surface area (Å²) >= 11 is 13.2. The summed E-state index contributed by atoms with van der Waals surface area (Å²) in [6.07, 6.45) is 0. The van der Waals surface area contributed by atoms with Gasteiger partial charge in [0, 0.05) is 29.3 Å². The summed E-state index contributed by atoms with van der Waals surface area (Å²) in [6, 6.07) is 25.0. The number of hydrogen-bond acceptors (Lipinski definition) is 6. The Morgan fingerprint density at radius 2 is 1.54 bits per heavy atom. The van der Waals surface area contributed by atoms with Crippen LogP contribution in [0, 0.1) is 0 Å². The fraction of sp³-hybridized carbons (Fsp3) is 0.111. The van der Waals surface area contributed by atoms with Gasteiger partial charge in [0.1, 0.15) is 35.7 Å². The van der Waals surface area contributed by atoms with Crippen molar-refractivity contribution in [1.29, 1.82) is 0 Å². The molecule has 35 heavy (non-hydrogen) atoms. The lowest BCUT2D eigenvalue weighted by atomic mass is 10.0. The topological polar surface area (TPSA) is 83.4 Å². The van der Waals surface area contributed by atoms with Crippen molar-refractivity contribution >= 4 is 34.2 Å². The number of nitrogens with two attached hydrogens (primary N) is 1. The number of fused-ring (bicyclic) bond motifs is 1. The monoisotopic (exact) mass is 505 g/mol. The Morgan fingerprint density at radius 1 is 0.743 bits per heavy atom. The Bertz CT molecular complexity index is 1470. The smallest absolute Gasteiger partial charge is 0.142 e. The van der Waals surface area contributed by atoms with Crippen molar-refractivity contribution < 1.29 is 14.1 Å². The summed E-state index contributed by atoms with van der Waals surface area (Å²) < 4.78 is 16.9. The van der Waals surface area contributed by atoms with Gasteiger partial charge in [-0.1, -0.05) is 77.8 Å². The Morgan fingerprint density at radius 3 is 2.37 bits per heavy atom. The van der Waals surface area contributed by atoms with Gasteiger partial charge in [0.25, 0.3) is 0 Å². The van der Waals surface area contributed by atoms with Crippen LogP contribution >= 0.6 is 23.2 Å². The maximum Gasteiger partial charge on any atom is 0.142 e. The molecule has 1 aromatic heterocycles. The van der Waals surface area contributed by atoms with Crippen LogP contribution in [0.3, 0.4) is 0 Å². The predicted octanol–water partition coefficient (Wildman–Crippen LogP) is 6.81. The molecule has 0 saturated heterocycles. The SMILES string of the molecule is NCc1cc(Cl)c(OCc2cccc(-c3ccccc3)c2Cl)cc1OCc1ccc2nonc2c1. The Hall–Kier alpha value is -3.58. The van der Waals surface area contributed by atoms with Crippen molar-refractivity contribution in [3.8, 4) is 22.6 Å². The number of ether oxygens (including phenoxy) is 2. The van der Waals surface area contributed by atoms with Gasteiger partial charge in [0.15, 0.2) is 0 Å². The molecule has 2 N–H and O–H groups in total. The number of rotatable bonds is 8. The molecule has 0 atom stereocenters. The molecule has 176 valence electrons. The standard InChI is InChI=1S/C27H21Cl2N3O3/c28-22-12-20(14-30)25(33-15-17-9-10-23-24(11-17)32-35-31-23)13-26(22)34-16-19-7-4-8-21(27(19)29)18-5-2-1-3-6-18/h1-13H,14-16,30H2. The van der Waals surface area contributed by atoms with Gasteiger partial charge in [0.2, 0.25) is 0 Å².